The molecule has 0 bridgehead atoms. The zero-order valence-electron chi connectivity index (χ0n) is 12.4. The number of nitrogens with zero attached hydrogens (tertiary/aromatic N) is 2. The highest BCUT2D eigenvalue weighted by Crippen LogP contribution is 2.42. The molecule has 1 aromatic carbocycles. The molecule has 24 heavy (non-hydrogen) atoms. The molecule has 0 amide bonds. The van der Waals surface area contributed by atoms with Gasteiger partial charge in [-0.1, -0.05) is 23.7 Å². The van der Waals surface area contributed by atoms with Crippen LogP contribution in [0.15, 0.2) is 52.8 Å². The van der Waals surface area contributed by atoms with Crippen LogP contribution in [0.4, 0.5) is 8.63 Å². The molecule has 0 aliphatic carbocycles. The van der Waals surface area contributed by atoms with Gasteiger partial charge in [-0.25, -0.2) is 0 Å². The molecule has 2 aliphatic heterocycles. The number of aromatic nitrogens is 1. The van der Waals surface area contributed by atoms with Crippen molar-refractivity contribution >= 4 is 60.6 Å². The van der Waals surface area contributed by atoms with Crippen LogP contribution in [0.3, 0.4) is 0 Å². The van der Waals surface area contributed by atoms with Gasteiger partial charge in [0.25, 0.3) is 0 Å². The first-order valence-electron chi connectivity index (χ1n) is 7.22. The van der Waals surface area contributed by atoms with Crippen LogP contribution in [0.5, 0.6) is 0 Å². The van der Waals surface area contributed by atoms with Gasteiger partial charge in [0.15, 0.2) is 5.70 Å². The van der Waals surface area contributed by atoms with E-state index in [9.17, 15) is 0 Å². The zero-order valence-corrected chi connectivity index (χ0v) is 16.3. The minimum Gasteiger partial charge on any atom is -0.389 e. The minimum absolute atomic E-state index is 0.337. The van der Waals surface area contributed by atoms with Crippen molar-refractivity contribution in [3.63, 3.8) is 0 Å². The van der Waals surface area contributed by atoms with Crippen LogP contribution in [-0.4, -0.2) is 20.6 Å². The molecule has 0 atom stereocenters. The molecule has 4 rings (SSSR count). The van der Waals surface area contributed by atoms with Gasteiger partial charge >= 0.3 is 6.97 Å². The highest BCUT2D eigenvalue weighted by molar-refractivity contribution is 9.18. The highest BCUT2D eigenvalue weighted by Gasteiger charge is 2.54. The number of halogens is 5. The van der Waals surface area contributed by atoms with Crippen molar-refractivity contribution in [2.24, 2.45) is 0 Å². The Morgan fingerprint density at radius 3 is 2.58 bits per heavy atom. The zero-order chi connectivity index (χ0) is 17.2. The first kappa shape index (κ1) is 16.3. The predicted octanol–water partition coefficient (Wildman–Crippen LogP) is 5.58. The summed E-state index contributed by atoms with van der Waals surface area (Å²) < 4.78 is 33.0. The Morgan fingerprint density at radius 1 is 1.12 bits per heavy atom. The molecule has 0 radical (unpaired) electrons. The molecular formula is C16H10BBr2ClF2N2. The Bertz CT molecular complexity index is 992. The Labute approximate surface area is 159 Å². The Kier molecular flexibility index (Phi) is 3.68. The molecule has 0 fully saturated rings. The molecule has 122 valence electrons. The molecule has 0 unspecified atom stereocenters. The predicted molar refractivity (Wildman–Crippen MR) is 101 cm³/mol. The second kappa shape index (κ2) is 5.41. The van der Waals surface area contributed by atoms with Crippen LogP contribution in [0, 0.1) is 6.92 Å². The molecular weight excluding hydrogens is 464 g/mol. The molecule has 3 heterocycles. The summed E-state index contributed by atoms with van der Waals surface area (Å²) in [4.78, 5) is 0. The van der Waals surface area contributed by atoms with Crippen LogP contribution >= 0.6 is 43.5 Å². The standard InChI is InChI=1S/C16H10BBr2ClF2N2/c1-9-2-3-10(8-11(9)20)16-12-4-6-14(18)23(12)17(21,22)24-13(16)5-7-15(24)19/h2-8H,1H3. The number of hydrogen-bond acceptors (Lipinski definition) is 0. The van der Waals surface area contributed by atoms with Crippen LogP contribution in [0.1, 0.15) is 16.8 Å². The number of benzene rings is 1. The summed E-state index contributed by atoms with van der Waals surface area (Å²) in [5.41, 5.74) is 3.39. The van der Waals surface area contributed by atoms with E-state index in [-0.39, 0.29) is 0 Å². The second-order valence-corrected chi connectivity index (χ2v) is 7.78. The quantitative estimate of drug-likeness (QED) is 0.477. The van der Waals surface area contributed by atoms with E-state index in [2.05, 4.69) is 31.9 Å². The molecule has 0 N–H and O–H groups in total. The molecule has 2 aromatic rings. The van der Waals surface area contributed by atoms with Crippen molar-refractivity contribution in [3.05, 3.63) is 74.6 Å². The van der Waals surface area contributed by atoms with Crippen molar-refractivity contribution in [1.29, 1.82) is 0 Å². The van der Waals surface area contributed by atoms with E-state index in [1.54, 1.807) is 24.3 Å². The summed E-state index contributed by atoms with van der Waals surface area (Å²) in [6.07, 6.45) is 3.34. The van der Waals surface area contributed by atoms with Gasteiger partial charge in [0.2, 0.25) is 4.62 Å². The van der Waals surface area contributed by atoms with Crippen LogP contribution in [-0.2, 0) is 0 Å². The molecule has 0 saturated heterocycles. The number of hydrogen-bond donors (Lipinski definition) is 0. The van der Waals surface area contributed by atoms with Crippen LogP contribution < -0.4 is 0 Å². The normalized spacial score (nSPS) is 18.2. The number of fused-ring (bicyclic) bond motifs is 2. The monoisotopic (exact) mass is 472 g/mol. The van der Waals surface area contributed by atoms with Gasteiger partial charge in [-0.15, -0.1) is 0 Å². The minimum atomic E-state index is -3.99. The van der Waals surface area contributed by atoms with E-state index in [1.165, 1.54) is 0 Å². The number of rotatable bonds is 1. The van der Waals surface area contributed by atoms with Crippen LogP contribution in [0.2, 0.25) is 5.02 Å². The van der Waals surface area contributed by atoms with Gasteiger partial charge in [0.05, 0.1) is 10.2 Å². The fourth-order valence-electron chi connectivity index (χ4n) is 3.18. The molecule has 0 saturated carbocycles. The van der Waals surface area contributed by atoms with Crippen molar-refractivity contribution in [3.8, 4) is 0 Å². The van der Waals surface area contributed by atoms with E-state index in [0.29, 0.717) is 25.6 Å². The SMILES string of the molecule is Cc1ccc(C2=C3C=CC(Br)=[N+]3[B-](F)(F)n3c(Br)ccc32)cc1Cl. The van der Waals surface area contributed by atoms with Crippen molar-refractivity contribution < 1.29 is 13.1 Å². The van der Waals surface area contributed by atoms with E-state index in [0.717, 1.165) is 25.7 Å². The largest absolute Gasteiger partial charge is 0.738 e. The Hall–Kier alpha value is -1.18. The molecule has 1 aromatic heterocycles. The van der Waals surface area contributed by atoms with Gasteiger partial charge in [0, 0.05) is 38.8 Å². The summed E-state index contributed by atoms with van der Waals surface area (Å²) in [6, 6.07) is 8.96. The summed E-state index contributed by atoms with van der Waals surface area (Å²) >= 11 is 12.8. The van der Waals surface area contributed by atoms with Gasteiger partial charge in [-0.05, 0) is 52.2 Å². The average molecular weight is 474 g/mol. The summed E-state index contributed by atoms with van der Waals surface area (Å²) in [7, 11) is 0. The summed E-state index contributed by atoms with van der Waals surface area (Å²) in [5.74, 6) is 0. The molecule has 0 spiro atoms. The fourth-order valence-corrected chi connectivity index (χ4v) is 4.50. The third-order valence-corrected chi connectivity index (χ3v) is 6.03. The summed E-state index contributed by atoms with van der Waals surface area (Å²) in [6.45, 7) is -2.08. The van der Waals surface area contributed by atoms with E-state index < -0.39 is 6.97 Å². The van der Waals surface area contributed by atoms with Crippen molar-refractivity contribution in [2.75, 3.05) is 0 Å². The van der Waals surface area contributed by atoms with Gasteiger partial charge in [0.1, 0.15) is 0 Å². The molecule has 2 aliphatic rings. The maximum atomic E-state index is 15.1. The van der Waals surface area contributed by atoms with Crippen LogP contribution in [0.25, 0.3) is 5.57 Å². The fraction of sp³-hybridized carbons (Fsp3) is 0.0625. The lowest BCUT2D eigenvalue weighted by Crippen LogP contribution is -2.50. The Balaban J connectivity index is 2.10. The maximum absolute atomic E-state index is 15.1. The van der Waals surface area contributed by atoms with Crippen molar-refractivity contribution in [2.45, 2.75) is 6.92 Å². The lowest BCUT2D eigenvalue weighted by Gasteiger charge is -2.32. The lowest BCUT2D eigenvalue weighted by atomic mass is 9.86. The first-order valence-corrected chi connectivity index (χ1v) is 9.19. The third kappa shape index (κ3) is 2.14. The molecule has 8 heteroatoms. The smallest absolute Gasteiger partial charge is 0.389 e. The second-order valence-electron chi connectivity index (χ2n) is 5.75. The molecule has 2 nitrogen and oxygen atoms in total. The van der Waals surface area contributed by atoms with Gasteiger partial charge in [-0.3, -0.25) is 0 Å². The topological polar surface area (TPSA) is 7.94 Å². The third-order valence-electron chi connectivity index (χ3n) is 4.33. The maximum Gasteiger partial charge on any atom is 0.738 e. The Morgan fingerprint density at radius 2 is 1.88 bits per heavy atom. The number of allylic oxidation sites excluding steroid dienone is 2. The highest BCUT2D eigenvalue weighted by atomic mass is 79.9. The first-order chi connectivity index (χ1) is 11.3. The lowest BCUT2D eigenvalue weighted by molar-refractivity contribution is -0.358. The van der Waals surface area contributed by atoms with E-state index >= 15 is 8.63 Å². The van der Waals surface area contributed by atoms with Crippen molar-refractivity contribution in [1.82, 2.24) is 4.48 Å². The van der Waals surface area contributed by atoms with E-state index in [4.69, 9.17) is 11.6 Å². The summed E-state index contributed by atoms with van der Waals surface area (Å²) in [5, 5.41) is 0.609. The van der Waals surface area contributed by atoms with E-state index in [1.807, 2.05) is 25.1 Å². The van der Waals surface area contributed by atoms with Gasteiger partial charge in [-0.2, -0.15) is 0 Å². The number of aryl methyl sites for hydroxylation is 1. The average Bonchev–Trinajstić information content (AvgIpc) is 3.08. The van der Waals surface area contributed by atoms with Gasteiger partial charge < -0.3 is 17.6 Å².